The summed E-state index contributed by atoms with van der Waals surface area (Å²) in [6.45, 7) is 8.86. The van der Waals surface area contributed by atoms with Gasteiger partial charge in [0.2, 0.25) is 0 Å². The zero-order valence-electron chi connectivity index (χ0n) is 16.3. The van der Waals surface area contributed by atoms with Gasteiger partial charge in [-0.05, 0) is 44.2 Å². The molecule has 0 bridgehead atoms. The van der Waals surface area contributed by atoms with Crippen molar-refractivity contribution in [2.24, 2.45) is 5.92 Å². The Kier molecular flexibility index (Phi) is 7.97. The first-order valence-electron chi connectivity index (χ1n) is 9.87. The molecule has 0 N–H and O–H groups in total. The van der Waals surface area contributed by atoms with Crippen molar-refractivity contribution >= 4 is 0 Å². The number of nitrogens with zero attached hydrogens (tertiary/aromatic N) is 1. The molecular formula is C23H33NO. The molecule has 0 spiro atoms. The highest BCUT2D eigenvalue weighted by molar-refractivity contribution is 5.59. The average molecular weight is 340 g/mol. The molecule has 2 aromatic rings. The van der Waals surface area contributed by atoms with Crippen LogP contribution < -0.4 is 4.74 Å². The van der Waals surface area contributed by atoms with E-state index in [0.717, 1.165) is 23.4 Å². The maximum Gasteiger partial charge on any atom is 0.138 e. The summed E-state index contributed by atoms with van der Waals surface area (Å²) < 4.78 is 6.32. The summed E-state index contributed by atoms with van der Waals surface area (Å²) in [5.74, 6) is 1.53. The number of pyridine rings is 1. The minimum absolute atomic E-state index is 0.290. The van der Waals surface area contributed by atoms with E-state index in [0.29, 0.717) is 12.0 Å². The molecule has 0 radical (unpaired) electrons. The predicted molar refractivity (Wildman–Crippen MR) is 107 cm³/mol. The zero-order valence-corrected chi connectivity index (χ0v) is 16.3. The van der Waals surface area contributed by atoms with E-state index >= 15 is 0 Å². The van der Waals surface area contributed by atoms with Crippen LogP contribution in [-0.4, -0.2) is 11.1 Å². The van der Waals surface area contributed by atoms with E-state index < -0.39 is 0 Å². The van der Waals surface area contributed by atoms with E-state index in [1.54, 1.807) is 0 Å². The van der Waals surface area contributed by atoms with Crippen LogP contribution in [-0.2, 0) is 0 Å². The first kappa shape index (κ1) is 19.5. The highest BCUT2D eigenvalue weighted by atomic mass is 16.5. The van der Waals surface area contributed by atoms with Crippen molar-refractivity contribution in [1.82, 2.24) is 4.98 Å². The SMILES string of the molecule is CCCCC(CCC)C(CC)Oc1ccc(-c2ccc(C)cc2)nc1. The van der Waals surface area contributed by atoms with Crippen molar-refractivity contribution in [2.75, 3.05) is 0 Å². The molecule has 0 saturated heterocycles. The predicted octanol–water partition coefficient (Wildman–Crippen LogP) is 6.82. The number of unbranched alkanes of at least 4 members (excludes halogenated alkanes) is 1. The van der Waals surface area contributed by atoms with Crippen LogP contribution in [0.3, 0.4) is 0 Å². The second kappa shape index (κ2) is 10.2. The van der Waals surface area contributed by atoms with Gasteiger partial charge >= 0.3 is 0 Å². The number of aryl methyl sites for hydroxylation is 1. The molecule has 0 amide bonds. The zero-order chi connectivity index (χ0) is 18.1. The van der Waals surface area contributed by atoms with Gasteiger partial charge < -0.3 is 4.74 Å². The Hall–Kier alpha value is -1.83. The van der Waals surface area contributed by atoms with Crippen molar-refractivity contribution in [3.05, 3.63) is 48.2 Å². The van der Waals surface area contributed by atoms with Gasteiger partial charge in [0.05, 0.1) is 11.9 Å². The third-order valence-corrected chi connectivity index (χ3v) is 4.89. The molecule has 136 valence electrons. The number of aromatic nitrogens is 1. The molecule has 2 unspecified atom stereocenters. The van der Waals surface area contributed by atoms with Crippen LogP contribution in [0.4, 0.5) is 0 Å². The summed E-state index contributed by atoms with van der Waals surface area (Å²) in [5.41, 5.74) is 3.41. The number of ether oxygens (including phenoxy) is 1. The lowest BCUT2D eigenvalue weighted by Crippen LogP contribution is -2.26. The Morgan fingerprint density at radius 1 is 0.920 bits per heavy atom. The number of hydrogen-bond acceptors (Lipinski definition) is 2. The Bertz CT molecular complexity index is 603. The molecule has 2 rings (SSSR count). The lowest BCUT2D eigenvalue weighted by molar-refractivity contribution is 0.115. The van der Waals surface area contributed by atoms with E-state index in [1.807, 2.05) is 6.20 Å². The van der Waals surface area contributed by atoms with Crippen molar-refractivity contribution in [3.63, 3.8) is 0 Å². The molecule has 0 saturated carbocycles. The van der Waals surface area contributed by atoms with E-state index in [1.165, 1.54) is 37.7 Å². The minimum Gasteiger partial charge on any atom is -0.489 e. The minimum atomic E-state index is 0.290. The first-order valence-corrected chi connectivity index (χ1v) is 9.87. The number of benzene rings is 1. The van der Waals surface area contributed by atoms with Crippen LogP contribution in [0.2, 0.25) is 0 Å². The second-order valence-corrected chi connectivity index (χ2v) is 7.00. The lowest BCUT2D eigenvalue weighted by atomic mass is 9.90. The van der Waals surface area contributed by atoms with Gasteiger partial charge in [0.15, 0.2) is 0 Å². The van der Waals surface area contributed by atoms with Crippen LogP contribution in [0.25, 0.3) is 11.3 Å². The Morgan fingerprint density at radius 2 is 1.68 bits per heavy atom. The fraction of sp³-hybridized carbons (Fsp3) is 0.522. The maximum absolute atomic E-state index is 6.32. The molecule has 2 heteroatoms. The van der Waals surface area contributed by atoms with Crippen LogP contribution in [0.5, 0.6) is 5.75 Å². The second-order valence-electron chi connectivity index (χ2n) is 7.00. The summed E-state index contributed by atoms with van der Waals surface area (Å²) in [7, 11) is 0. The van der Waals surface area contributed by atoms with Crippen molar-refractivity contribution in [3.8, 4) is 17.0 Å². The maximum atomic E-state index is 6.32. The summed E-state index contributed by atoms with van der Waals surface area (Å²) in [6.07, 6.45) is 9.48. The molecule has 0 aliphatic heterocycles. The summed E-state index contributed by atoms with van der Waals surface area (Å²) in [6, 6.07) is 12.6. The molecule has 2 nitrogen and oxygen atoms in total. The van der Waals surface area contributed by atoms with Crippen LogP contribution in [0.1, 0.15) is 64.9 Å². The van der Waals surface area contributed by atoms with Gasteiger partial charge in [0.25, 0.3) is 0 Å². The molecule has 0 aliphatic carbocycles. The average Bonchev–Trinajstić information content (AvgIpc) is 2.64. The van der Waals surface area contributed by atoms with E-state index in [-0.39, 0.29) is 0 Å². The lowest BCUT2D eigenvalue weighted by Gasteiger charge is -2.27. The monoisotopic (exact) mass is 339 g/mol. The van der Waals surface area contributed by atoms with Gasteiger partial charge in [-0.3, -0.25) is 4.98 Å². The van der Waals surface area contributed by atoms with Gasteiger partial charge in [-0.2, -0.15) is 0 Å². The van der Waals surface area contributed by atoms with Crippen molar-refractivity contribution < 1.29 is 4.74 Å². The summed E-state index contributed by atoms with van der Waals surface area (Å²) >= 11 is 0. The third-order valence-electron chi connectivity index (χ3n) is 4.89. The van der Waals surface area contributed by atoms with Crippen molar-refractivity contribution in [2.45, 2.75) is 72.3 Å². The standard InChI is InChI=1S/C23H33NO/c1-5-8-10-20(9-6-2)23(7-3)25-21-15-16-22(24-17-21)19-13-11-18(4)12-14-19/h11-17,20,23H,5-10H2,1-4H3. The van der Waals surface area contributed by atoms with Gasteiger partial charge in [-0.1, -0.05) is 69.9 Å². The molecule has 1 aromatic heterocycles. The normalized spacial score (nSPS) is 13.4. The van der Waals surface area contributed by atoms with Crippen LogP contribution >= 0.6 is 0 Å². The molecule has 1 aromatic carbocycles. The smallest absolute Gasteiger partial charge is 0.138 e. The largest absolute Gasteiger partial charge is 0.489 e. The van der Waals surface area contributed by atoms with Gasteiger partial charge in [0, 0.05) is 5.56 Å². The topological polar surface area (TPSA) is 22.1 Å². The number of rotatable bonds is 10. The van der Waals surface area contributed by atoms with Crippen LogP contribution in [0.15, 0.2) is 42.6 Å². The molecule has 2 atom stereocenters. The van der Waals surface area contributed by atoms with Gasteiger partial charge in [0.1, 0.15) is 11.9 Å². The van der Waals surface area contributed by atoms with Gasteiger partial charge in [-0.25, -0.2) is 0 Å². The fourth-order valence-electron chi connectivity index (χ4n) is 3.39. The fourth-order valence-corrected chi connectivity index (χ4v) is 3.39. The quantitative estimate of drug-likeness (QED) is 0.474. The molecule has 1 heterocycles. The Labute approximate surface area is 153 Å². The summed E-state index contributed by atoms with van der Waals surface area (Å²) in [4.78, 5) is 4.61. The highest BCUT2D eigenvalue weighted by Gasteiger charge is 2.20. The van der Waals surface area contributed by atoms with Crippen molar-refractivity contribution in [1.29, 1.82) is 0 Å². The van der Waals surface area contributed by atoms with E-state index in [9.17, 15) is 0 Å². The van der Waals surface area contributed by atoms with Crippen LogP contribution in [0, 0.1) is 12.8 Å². The first-order chi connectivity index (χ1) is 12.2. The van der Waals surface area contributed by atoms with E-state index in [4.69, 9.17) is 4.74 Å². The Morgan fingerprint density at radius 3 is 2.24 bits per heavy atom. The molecule has 25 heavy (non-hydrogen) atoms. The molecule has 0 aliphatic rings. The summed E-state index contributed by atoms with van der Waals surface area (Å²) in [5, 5.41) is 0. The molecular weight excluding hydrogens is 306 g/mol. The van der Waals surface area contributed by atoms with E-state index in [2.05, 4.69) is 69.1 Å². The molecule has 0 fully saturated rings. The van der Waals surface area contributed by atoms with Gasteiger partial charge in [-0.15, -0.1) is 0 Å². The Balaban J connectivity index is 2.05. The highest BCUT2D eigenvalue weighted by Crippen LogP contribution is 2.26. The third kappa shape index (κ3) is 5.88. The number of hydrogen-bond donors (Lipinski definition) is 0.